The van der Waals surface area contributed by atoms with E-state index in [4.69, 9.17) is 0 Å². The van der Waals surface area contributed by atoms with E-state index in [1.54, 1.807) is 0 Å². The van der Waals surface area contributed by atoms with Crippen LogP contribution in [-0.4, -0.2) is 48.8 Å². The van der Waals surface area contributed by atoms with Crippen molar-refractivity contribution in [2.24, 2.45) is 11.8 Å². The van der Waals surface area contributed by atoms with Crippen LogP contribution in [0.25, 0.3) is 0 Å². The fraction of sp³-hybridized carbons (Fsp3) is 1.00. The van der Waals surface area contributed by atoms with Crippen LogP contribution in [0, 0.1) is 11.8 Å². The number of hydrogen-bond acceptors (Lipinski definition) is 3. The first-order valence-electron chi connectivity index (χ1n) is 8.77. The van der Waals surface area contributed by atoms with Gasteiger partial charge in [0.25, 0.3) is 0 Å². The molecule has 0 aliphatic heterocycles. The quantitative estimate of drug-likeness (QED) is 0.647. The molecule has 3 nitrogen and oxygen atoms in total. The summed E-state index contributed by atoms with van der Waals surface area (Å²) >= 11 is 0. The Hall–Kier alpha value is -0.120. The van der Waals surface area contributed by atoms with Crippen molar-refractivity contribution in [3.8, 4) is 0 Å². The molecule has 3 unspecified atom stereocenters. The van der Waals surface area contributed by atoms with Gasteiger partial charge in [0.05, 0.1) is 6.61 Å². The molecule has 0 radical (unpaired) electrons. The number of nitrogens with one attached hydrogen (secondary N) is 1. The molecule has 1 aliphatic rings. The lowest BCUT2D eigenvalue weighted by molar-refractivity contribution is 0.125. The molecule has 1 rings (SSSR count). The summed E-state index contributed by atoms with van der Waals surface area (Å²) in [6.07, 6.45) is 7.74. The van der Waals surface area contributed by atoms with Gasteiger partial charge in [0.2, 0.25) is 0 Å². The van der Waals surface area contributed by atoms with Gasteiger partial charge in [-0.05, 0) is 57.0 Å². The first-order valence-corrected chi connectivity index (χ1v) is 8.77. The molecule has 0 amide bonds. The monoisotopic (exact) mass is 284 g/mol. The van der Waals surface area contributed by atoms with Crippen LogP contribution in [0.2, 0.25) is 0 Å². The zero-order valence-electron chi connectivity index (χ0n) is 13.9. The van der Waals surface area contributed by atoms with Gasteiger partial charge in [0.1, 0.15) is 0 Å². The Labute approximate surface area is 126 Å². The summed E-state index contributed by atoms with van der Waals surface area (Å²) in [5.41, 5.74) is 0. The molecule has 20 heavy (non-hydrogen) atoms. The molecule has 0 aromatic heterocycles. The van der Waals surface area contributed by atoms with Gasteiger partial charge in [-0.15, -0.1) is 0 Å². The lowest BCUT2D eigenvalue weighted by Gasteiger charge is -2.38. The highest BCUT2D eigenvalue weighted by atomic mass is 16.3. The summed E-state index contributed by atoms with van der Waals surface area (Å²) in [6, 6.07) is 0.689. The van der Waals surface area contributed by atoms with Crippen LogP contribution in [0.4, 0.5) is 0 Å². The van der Waals surface area contributed by atoms with Crippen molar-refractivity contribution in [3.05, 3.63) is 0 Å². The van der Waals surface area contributed by atoms with Crippen molar-refractivity contribution in [2.75, 3.05) is 32.8 Å². The fourth-order valence-electron chi connectivity index (χ4n) is 3.45. The van der Waals surface area contributed by atoms with Gasteiger partial charge < -0.3 is 15.3 Å². The van der Waals surface area contributed by atoms with E-state index in [1.807, 2.05) is 0 Å². The Morgan fingerprint density at radius 3 is 2.60 bits per heavy atom. The Morgan fingerprint density at radius 2 is 1.95 bits per heavy atom. The minimum atomic E-state index is 0.291. The van der Waals surface area contributed by atoms with Crippen molar-refractivity contribution >= 4 is 0 Å². The van der Waals surface area contributed by atoms with Crippen molar-refractivity contribution in [3.63, 3.8) is 0 Å². The molecule has 3 heteroatoms. The Kier molecular flexibility index (Phi) is 9.49. The fourth-order valence-corrected chi connectivity index (χ4v) is 3.45. The van der Waals surface area contributed by atoms with Crippen LogP contribution < -0.4 is 5.32 Å². The smallest absolute Gasteiger partial charge is 0.0558 e. The highest BCUT2D eigenvalue weighted by Gasteiger charge is 2.29. The number of aliphatic hydroxyl groups is 1. The summed E-state index contributed by atoms with van der Waals surface area (Å²) in [6.45, 7) is 11.5. The number of unbranched alkanes of at least 4 members (excludes halogenated alkanes) is 1. The maximum atomic E-state index is 9.27. The maximum Gasteiger partial charge on any atom is 0.0558 e. The number of rotatable bonds is 10. The van der Waals surface area contributed by atoms with Crippen LogP contribution in [0.15, 0.2) is 0 Å². The normalized spacial score (nSPS) is 27.1. The molecule has 0 aromatic rings. The number of aliphatic hydroxyl groups excluding tert-OH is 1. The first-order chi connectivity index (χ1) is 9.71. The molecule has 0 saturated heterocycles. The van der Waals surface area contributed by atoms with E-state index in [0.29, 0.717) is 12.6 Å². The van der Waals surface area contributed by atoms with Gasteiger partial charge in [-0.1, -0.05) is 27.2 Å². The maximum absolute atomic E-state index is 9.27. The molecule has 2 N–H and O–H groups in total. The third kappa shape index (κ3) is 6.55. The van der Waals surface area contributed by atoms with E-state index in [1.165, 1.54) is 38.5 Å². The topological polar surface area (TPSA) is 35.5 Å². The van der Waals surface area contributed by atoms with Crippen LogP contribution in [0.1, 0.15) is 59.3 Å². The summed E-state index contributed by atoms with van der Waals surface area (Å²) < 4.78 is 0. The van der Waals surface area contributed by atoms with Gasteiger partial charge in [0, 0.05) is 19.1 Å². The van der Waals surface area contributed by atoms with Crippen molar-refractivity contribution in [1.82, 2.24) is 10.2 Å². The molecule has 0 aromatic carbocycles. The van der Waals surface area contributed by atoms with E-state index in [2.05, 4.69) is 31.0 Å². The molecule has 1 fully saturated rings. The second-order valence-corrected chi connectivity index (χ2v) is 6.62. The van der Waals surface area contributed by atoms with Gasteiger partial charge in [0.15, 0.2) is 0 Å². The van der Waals surface area contributed by atoms with Gasteiger partial charge in [-0.25, -0.2) is 0 Å². The largest absolute Gasteiger partial charge is 0.395 e. The Morgan fingerprint density at radius 1 is 1.15 bits per heavy atom. The third-order valence-corrected chi connectivity index (χ3v) is 4.64. The van der Waals surface area contributed by atoms with E-state index in [9.17, 15) is 5.11 Å². The van der Waals surface area contributed by atoms with Crippen molar-refractivity contribution in [1.29, 1.82) is 0 Å². The highest BCUT2D eigenvalue weighted by Crippen LogP contribution is 2.29. The molecule has 1 saturated carbocycles. The number of nitrogens with zero attached hydrogens (tertiary/aromatic N) is 1. The third-order valence-electron chi connectivity index (χ3n) is 4.64. The van der Waals surface area contributed by atoms with E-state index >= 15 is 0 Å². The van der Waals surface area contributed by atoms with E-state index in [-0.39, 0.29) is 0 Å². The molecule has 0 heterocycles. The Balaban J connectivity index is 2.51. The van der Waals surface area contributed by atoms with Crippen LogP contribution in [-0.2, 0) is 0 Å². The minimum absolute atomic E-state index is 0.291. The van der Waals surface area contributed by atoms with Crippen LogP contribution in [0.3, 0.4) is 0 Å². The lowest BCUT2D eigenvalue weighted by Crippen LogP contribution is -2.46. The predicted octanol–water partition coefficient (Wildman–Crippen LogP) is 2.89. The molecule has 0 bridgehead atoms. The van der Waals surface area contributed by atoms with Crippen LogP contribution in [0.5, 0.6) is 0 Å². The summed E-state index contributed by atoms with van der Waals surface area (Å²) in [7, 11) is 0. The van der Waals surface area contributed by atoms with Crippen LogP contribution >= 0.6 is 0 Å². The summed E-state index contributed by atoms with van der Waals surface area (Å²) in [5, 5.41) is 13.0. The lowest BCUT2D eigenvalue weighted by atomic mass is 9.78. The standard InChI is InChI=1S/C17H36N2O/c1-4-6-10-19(11-12-20)14-16-13-15(3)7-8-17(16)18-9-5-2/h15-18,20H,4-14H2,1-3H3. The highest BCUT2D eigenvalue weighted by molar-refractivity contribution is 4.85. The summed E-state index contributed by atoms with van der Waals surface area (Å²) in [4.78, 5) is 2.48. The molecule has 0 spiro atoms. The van der Waals surface area contributed by atoms with Gasteiger partial charge >= 0.3 is 0 Å². The molecule has 120 valence electrons. The van der Waals surface area contributed by atoms with Crippen molar-refractivity contribution in [2.45, 2.75) is 65.3 Å². The van der Waals surface area contributed by atoms with Gasteiger partial charge in [-0.3, -0.25) is 0 Å². The average molecular weight is 284 g/mol. The van der Waals surface area contributed by atoms with E-state index < -0.39 is 0 Å². The average Bonchev–Trinajstić information content (AvgIpc) is 2.44. The molecule has 1 aliphatic carbocycles. The first kappa shape index (κ1) is 17.9. The summed E-state index contributed by atoms with van der Waals surface area (Å²) in [5.74, 6) is 1.62. The SMILES string of the molecule is CCCCN(CCO)CC1CC(C)CCC1NCCC. The van der Waals surface area contributed by atoms with E-state index in [0.717, 1.165) is 38.0 Å². The second kappa shape index (κ2) is 10.6. The molecular weight excluding hydrogens is 248 g/mol. The minimum Gasteiger partial charge on any atom is -0.395 e. The number of hydrogen-bond donors (Lipinski definition) is 2. The molecular formula is C17H36N2O. The van der Waals surface area contributed by atoms with Gasteiger partial charge in [-0.2, -0.15) is 0 Å². The predicted molar refractivity (Wildman–Crippen MR) is 87.0 cm³/mol. The Bertz CT molecular complexity index is 233. The second-order valence-electron chi connectivity index (χ2n) is 6.62. The van der Waals surface area contributed by atoms with Crippen molar-refractivity contribution < 1.29 is 5.11 Å². The zero-order valence-corrected chi connectivity index (χ0v) is 13.9. The molecule has 3 atom stereocenters. The zero-order chi connectivity index (χ0) is 14.8.